The van der Waals surface area contributed by atoms with Crippen LogP contribution in [0.15, 0.2) is 66.1 Å². The van der Waals surface area contributed by atoms with Crippen molar-refractivity contribution < 1.29 is 5.11 Å². The second-order valence-electron chi connectivity index (χ2n) is 10.1. The van der Waals surface area contributed by atoms with Crippen LogP contribution >= 0.6 is 0 Å². The van der Waals surface area contributed by atoms with E-state index in [4.69, 9.17) is 0 Å². The van der Waals surface area contributed by atoms with E-state index in [1.807, 2.05) is 18.2 Å². The standard InChI is InChI=1S/C28H32N6O2/c1-6-12-33-27(35)22-17-29-25(30-20-11-10-18-14-21(32(4)5)15-19(18)13-20)16-23(22)34(33)26-9-7-8-24(31-26)28(2,3)36/h6-11,13,16-17,21,36H,1,12,14-15H2,2-5H3,(H,29,30). The van der Waals surface area contributed by atoms with Crippen molar-refractivity contribution in [1.82, 2.24) is 24.2 Å². The highest BCUT2D eigenvalue weighted by Crippen LogP contribution is 2.29. The van der Waals surface area contributed by atoms with Gasteiger partial charge in [0.1, 0.15) is 11.4 Å². The number of hydrogen-bond acceptors (Lipinski definition) is 6. The lowest BCUT2D eigenvalue weighted by atomic mass is 10.1. The number of rotatable bonds is 7. The molecule has 0 saturated heterocycles. The first-order chi connectivity index (χ1) is 17.2. The van der Waals surface area contributed by atoms with Gasteiger partial charge in [0.05, 0.1) is 23.1 Å². The van der Waals surface area contributed by atoms with Gasteiger partial charge in [0.15, 0.2) is 5.82 Å². The molecule has 8 heteroatoms. The Morgan fingerprint density at radius 3 is 2.69 bits per heavy atom. The first-order valence-electron chi connectivity index (χ1n) is 12.1. The minimum Gasteiger partial charge on any atom is -0.384 e. The van der Waals surface area contributed by atoms with Crippen LogP contribution in [0.4, 0.5) is 11.5 Å². The van der Waals surface area contributed by atoms with Gasteiger partial charge >= 0.3 is 0 Å². The summed E-state index contributed by atoms with van der Waals surface area (Å²) in [7, 11) is 4.25. The summed E-state index contributed by atoms with van der Waals surface area (Å²) in [5, 5.41) is 14.4. The zero-order chi connectivity index (χ0) is 25.6. The van der Waals surface area contributed by atoms with Crippen molar-refractivity contribution >= 4 is 22.4 Å². The second kappa shape index (κ2) is 9.04. The van der Waals surface area contributed by atoms with Gasteiger partial charge in [-0.15, -0.1) is 6.58 Å². The molecule has 1 aromatic carbocycles. The SMILES string of the molecule is C=CCn1c(=O)c2cnc(Nc3ccc4c(c3)CC(N(C)C)C4)cc2n1-c1cccc(C(C)(C)O)n1. The molecule has 2 N–H and O–H groups in total. The zero-order valence-corrected chi connectivity index (χ0v) is 21.2. The third kappa shape index (κ3) is 4.34. The van der Waals surface area contributed by atoms with E-state index in [9.17, 15) is 9.90 Å². The Labute approximate surface area is 210 Å². The summed E-state index contributed by atoms with van der Waals surface area (Å²) in [6, 6.07) is 14.3. The molecule has 1 aliphatic rings. The molecule has 0 fully saturated rings. The van der Waals surface area contributed by atoms with Gasteiger partial charge in [0.25, 0.3) is 5.56 Å². The molecule has 36 heavy (non-hydrogen) atoms. The molecule has 1 atom stereocenters. The van der Waals surface area contributed by atoms with Gasteiger partial charge in [-0.2, -0.15) is 0 Å². The maximum Gasteiger partial charge on any atom is 0.276 e. The Morgan fingerprint density at radius 2 is 1.97 bits per heavy atom. The minimum absolute atomic E-state index is 0.174. The Kier molecular flexibility index (Phi) is 6.02. The Hall–Kier alpha value is -3.75. The predicted molar refractivity (Wildman–Crippen MR) is 143 cm³/mol. The summed E-state index contributed by atoms with van der Waals surface area (Å²) >= 11 is 0. The van der Waals surface area contributed by atoms with Crippen LogP contribution < -0.4 is 10.9 Å². The lowest BCUT2D eigenvalue weighted by Crippen LogP contribution is -2.27. The second-order valence-corrected chi connectivity index (χ2v) is 10.1. The van der Waals surface area contributed by atoms with Crippen molar-refractivity contribution in [3.05, 3.63) is 88.5 Å². The quantitative estimate of drug-likeness (QED) is 0.388. The van der Waals surface area contributed by atoms with Crippen LogP contribution in [0.1, 0.15) is 30.7 Å². The van der Waals surface area contributed by atoms with Crippen LogP contribution in [-0.4, -0.2) is 49.5 Å². The van der Waals surface area contributed by atoms with Crippen molar-refractivity contribution in [2.45, 2.75) is 44.9 Å². The fourth-order valence-electron chi connectivity index (χ4n) is 4.81. The van der Waals surface area contributed by atoms with E-state index < -0.39 is 5.60 Å². The van der Waals surface area contributed by atoms with Gasteiger partial charge in [-0.3, -0.25) is 4.79 Å². The molecule has 4 aromatic rings. The summed E-state index contributed by atoms with van der Waals surface area (Å²) in [5.41, 5.74) is 3.59. The molecular formula is C28H32N6O2. The molecule has 5 rings (SSSR count). The molecule has 0 aliphatic heterocycles. The zero-order valence-electron chi connectivity index (χ0n) is 21.2. The highest BCUT2D eigenvalue weighted by molar-refractivity contribution is 5.82. The average molecular weight is 485 g/mol. The highest BCUT2D eigenvalue weighted by Gasteiger charge is 2.24. The Balaban J connectivity index is 1.57. The van der Waals surface area contributed by atoms with E-state index in [1.165, 1.54) is 11.1 Å². The molecule has 3 aromatic heterocycles. The van der Waals surface area contributed by atoms with Crippen LogP contribution in [0.2, 0.25) is 0 Å². The van der Waals surface area contributed by atoms with E-state index in [0.717, 1.165) is 18.5 Å². The van der Waals surface area contributed by atoms with Crippen LogP contribution in [0.5, 0.6) is 0 Å². The molecule has 186 valence electrons. The topological polar surface area (TPSA) is 88.2 Å². The summed E-state index contributed by atoms with van der Waals surface area (Å²) in [5.74, 6) is 1.17. The Morgan fingerprint density at radius 1 is 1.19 bits per heavy atom. The van der Waals surface area contributed by atoms with Gasteiger partial charge in [-0.25, -0.2) is 19.3 Å². The molecule has 3 heterocycles. The number of nitrogens with zero attached hydrogens (tertiary/aromatic N) is 5. The molecule has 0 bridgehead atoms. The van der Waals surface area contributed by atoms with Crippen LogP contribution in [0.25, 0.3) is 16.7 Å². The van der Waals surface area contributed by atoms with Crippen molar-refractivity contribution in [2.24, 2.45) is 0 Å². The first-order valence-corrected chi connectivity index (χ1v) is 12.1. The monoisotopic (exact) mass is 484 g/mol. The fourth-order valence-corrected chi connectivity index (χ4v) is 4.81. The van der Waals surface area contributed by atoms with Gasteiger partial charge in [0.2, 0.25) is 0 Å². The summed E-state index contributed by atoms with van der Waals surface area (Å²) < 4.78 is 3.35. The number of allylic oxidation sites excluding steroid dienone is 1. The van der Waals surface area contributed by atoms with Crippen molar-refractivity contribution in [3.8, 4) is 5.82 Å². The normalized spacial score (nSPS) is 15.4. The molecule has 1 aliphatic carbocycles. The molecule has 0 spiro atoms. The van der Waals surface area contributed by atoms with Crippen LogP contribution in [0.3, 0.4) is 0 Å². The summed E-state index contributed by atoms with van der Waals surface area (Å²) in [6.45, 7) is 7.50. The smallest absolute Gasteiger partial charge is 0.276 e. The maximum absolute atomic E-state index is 13.2. The number of nitrogens with one attached hydrogen (secondary N) is 1. The van der Waals surface area contributed by atoms with E-state index >= 15 is 0 Å². The van der Waals surface area contributed by atoms with Gasteiger partial charge < -0.3 is 15.3 Å². The van der Waals surface area contributed by atoms with Gasteiger partial charge in [-0.1, -0.05) is 18.2 Å². The summed E-state index contributed by atoms with van der Waals surface area (Å²) in [6.07, 6.45) is 5.37. The number of pyridine rings is 2. The highest BCUT2D eigenvalue weighted by atomic mass is 16.3. The van der Waals surface area contributed by atoms with E-state index in [1.54, 1.807) is 41.6 Å². The predicted octanol–water partition coefficient (Wildman–Crippen LogP) is 3.77. The van der Waals surface area contributed by atoms with Gasteiger partial charge in [-0.05, 0) is 76.2 Å². The molecule has 0 amide bonds. The third-order valence-corrected chi connectivity index (χ3v) is 6.82. The van der Waals surface area contributed by atoms with Crippen LogP contribution in [0, 0.1) is 0 Å². The number of aromatic nitrogens is 4. The number of benzene rings is 1. The minimum atomic E-state index is -1.12. The first kappa shape index (κ1) is 24.0. The maximum atomic E-state index is 13.2. The van der Waals surface area contributed by atoms with E-state index in [2.05, 4.69) is 59.1 Å². The Bertz CT molecular complexity index is 1510. The number of anilines is 2. The molecule has 0 saturated carbocycles. The largest absolute Gasteiger partial charge is 0.384 e. The lowest BCUT2D eigenvalue weighted by molar-refractivity contribution is 0.0738. The lowest BCUT2D eigenvalue weighted by Gasteiger charge is -2.18. The molecule has 0 radical (unpaired) electrons. The number of likely N-dealkylation sites (N-methyl/N-ethyl adjacent to an activating group) is 1. The fraction of sp³-hybridized carbons (Fsp3) is 0.321. The molecular weight excluding hydrogens is 452 g/mol. The molecule has 8 nitrogen and oxygen atoms in total. The van der Waals surface area contributed by atoms with E-state index in [0.29, 0.717) is 40.8 Å². The van der Waals surface area contributed by atoms with E-state index in [-0.39, 0.29) is 5.56 Å². The number of aliphatic hydroxyl groups is 1. The third-order valence-electron chi connectivity index (χ3n) is 6.82. The van der Waals surface area contributed by atoms with Crippen molar-refractivity contribution in [1.29, 1.82) is 0 Å². The molecule has 1 unspecified atom stereocenters. The van der Waals surface area contributed by atoms with Crippen LogP contribution in [-0.2, 0) is 25.0 Å². The van der Waals surface area contributed by atoms with Crippen molar-refractivity contribution in [2.75, 3.05) is 19.4 Å². The number of fused-ring (bicyclic) bond motifs is 2. The number of hydrogen-bond donors (Lipinski definition) is 2. The summed E-state index contributed by atoms with van der Waals surface area (Å²) in [4.78, 5) is 24.7. The average Bonchev–Trinajstić information content (AvgIpc) is 3.38. The van der Waals surface area contributed by atoms with Gasteiger partial charge in [0, 0.05) is 24.0 Å². The van der Waals surface area contributed by atoms with Crippen molar-refractivity contribution in [3.63, 3.8) is 0 Å².